The van der Waals surface area contributed by atoms with Crippen molar-refractivity contribution in [3.05, 3.63) is 39.7 Å². The number of benzene rings is 1. The lowest BCUT2D eigenvalue weighted by molar-refractivity contribution is -0.385. The van der Waals surface area contributed by atoms with Gasteiger partial charge in [-0.1, -0.05) is 0 Å². The van der Waals surface area contributed by atoms with Crippen LogP contribution in [0.3, 0.4) is 0 Å². The smallest absolute Gasteiger partial charge is 0.272 e. The van der Waals surface area contributed by atoms with E-state index in [-0.39, 0.29) is 11.7 Å². The summed E-state index contributed by atoms with van der Waals surface area (Å²) in [5, 5.41) is 10.3. The lowest BCUT2D eigenvalue weighted by Crippen LogP contribution is -2.18. The van der Waals surface area contributed by atoms with E-state index in [1.165, 1.54) is 12.1 Å². The second-order valence-corrected chi connectivity index (χ2v) is 3.21. The number of nitrogens with two attached hydrogens (primary N) is 1. The fraction of sp³-hybridized carbons (Fsp3) is 0.333. The highest BCUT2D eigenvalue weighted by Crippen LogP contribution is 2.17. The minimum absolute atomic E-state index is 0.161. The zero-order valence-electron chi connectivity index (χ0n) is 7.74. The molecule has 1 atom stereocenters. The van der Waals surface area contributed by atoms with Crippen LogP contribution in [0.5, 0.6) is 0 Å². The van der Waals surface area contributed by atoms with Gasteiger partial charge in [-0.3, -0.25) is 10.1 Å². The van der Waals surface area contributed by atoms with Gasteiger partial charge >= 0.3 is 0 Å². The molecule has 4 nitrogen and oxygen atoms in total. The molecule has 14 heavy (non-hydrogen) atoms. The van der Waals surface area contributed by atoms with E-state index >= 15 is 0 Å². The topological polar surface area (TPSA) is 69.2 Å². The van der Waals surface area contributed by atoms with E-state index < -0.39 is 10.7 Å². The Morgan fingerprint density at radius 2 is 2.29 bits per heavy atom. The van der Waals surface area contributed by atoms with Crippen LogP contribution >= 0.6 is 0 Å². The standard InChI is InChI=1S/C9H11FN2O2/c1-6(11)4-7-2-3-8(12(13)14)5-9(7)10/h2-3,5-6H,4,11H2,1H3/t6-/m0/s1. The van der Waals surface area contributed by atoms with Crippen LogP contribution in [0.15, 0.2) is 18.2 Å². The maximum absolute atomic E-state index is 13.2. The molecule has 0 spiro atoms. The Bertz CT molecular complexity index is 353. The lowest BCUT2D eigenvalue weighted by Gasteiger charge is -2.05. The zero-order chi connectivity index (χ0) is 10.7. The van der Waals surface area contributed by atoms with Crippen molar-refractivity contribution >= 4 is 5.69 Å². The van der Waals surface area contributed by atoms with Gasteiger partial charge in [0.25, 0.3) is 5.69 Å². The van der Waals surface area contributed by atoms with E-state index in [0.717, 1.165) is 6.07 Å². The summed E-state index contributed by atoms with van der Waals surface area (Å²) in [5.74, 6) is -0.573. The Balaban J connectivity index is 2.95. The van der Waals surface area contributed by atoms with Gasteiger partial charge in [-0.05, 0) is 25.0 Å². The van der Waals surface area contributed by atoms with Crippen molar-refractivity contribution in [3.8, 4) is 0 Å². The third kappa shape index (κ3) is 2.50. The largest absolute Gasteiger partial charge is 0.328 e. The maximum Gasteiger partial charge on any atom is 0.272 e. The Hall–Kier alpha value is -1.49. The molecule has 0 heterocycles. The number of rotatable bonds is 3. The number of nitrogens with zero attached hydrogens (tertiary/aromatic N) is 1. The highest BCUT2D eigenvalue weighted by atomic mass is 19.1. The van der Waals surface area contributed by atoms with Crippen molar-refractivity contribution in [2.24, 2.45) is 5.73 Å². The monoisotopic (exact) mass is 198 g/mol. The number of halogens is 1. The Morgan fingerprint density at radius 1 is 1.64 bits per heavy atom. The molecule has 1 aromatic rings. The van der Waals surface area contributed by atoms with Crippen molar-refractivity contribution in [2.45, 2.75) is 19.4 Å². The first-order valence-electron chi connectivity index (χ1n) is 4.19. The summed E-state index contributed by atoms with van der Waals surface area (Å²) in [6, 6.07) is 3.43. The molecule has 1 rings (SSSR count). The van der Waals surface area contributed by atoms with Crippen LogP contribution in [0.2, 0.25) is 0 Å². The zero-order valence-corrected chi connectivity index (χ0v) is 7.74. The van der Waals surface area contributed by atoms with E-state index in [1.54, 1.807) is 6.92 Å². The van der Waals surface area contributed by atoms with Gasteiger partial charge in [-0.25, -0.2) is 4.39 Å². The molecule has 0 aromatic heterocycles. The van der Waals surface area contributed by atoms with Crippen molar-refractivity contribution in [3.63, 3.8) is 0 Å². The summed E-state index contributed by atoms with van der Waals surface area (Å²) in [7, 11) is 0. The molecule has 0 aliphatic heterocycles. The first-order valence-corrected chi connectivity index (χ1v) is 4.19. The summed E-state index contributed by atoms with van der Waals surface area (Å²) >= 11 is 0. The minimum atomic E-state index is -0.626. The Morgan fingerprint density at radius 3 is 2.71 bits per heavy atom. The molecule has 0 aliphatic carbocycles. The molecular formula is C9H11FN2O2. The van der Waals surface area contributed by atoms with E-state index in [9.17, 15) is 14.5 Å². The van der Waals surface area contributed by atoms with Gasteiger partial charge in [-0.2, -0.15) is 0 Å². The Kier molecular flexibility index (Phi) is 3.14. The average Bonchev–Trinajstić information content (AvgIpc) is 2.07. The molecule has 2 N–H and O–H groups in total. The molecule has 0 radical (unpaired) electrons. The molecule has 0 aliphatic rings. The molecule has 0 saturated heterocycles. The van der Waals surface area contributed by atoms with Crippen LogP contribution in [0.25, 0.3) is 0 Å². The average molecular weight is 198 g/mol. The van der Waals surface area contributed by atoms with E-state index in [0.29, 0.717) is 12.0 Å². The first-order chi connectivity index (χ1) is 6.50. The maximum atomic E-state index is 13.2. The summed E-state index contributed by atoms with van der Waals surface area (Å²) in [6.07, 6.45) is 0.379. The summed E-state index contributed by atoms with van der Waals surface area (Å²) in [4.78, 5) is 9.67. The highest BCUT2D eigenvalue weighted by molar-refractivity contribution is 5.34. The van der Waals surface area contributed by atoms with Crippen LogP contribution in [-0.2, 0) is 6.42 Å². The SMILES string of the molecule is C[C@H](N)Cc1ccc([N+](=O)[O-])cc1F. The molecule has 0 bridgehead atoms. The van der Waals surface area contributed by atoms with Crippen LogP contribution in [0, 0.1) is 15.9 Å². The number of non-ortho nitro benzene ring substituents is 1. The number of nitro benzene ring substituents is 1. The van der Waals surface area contributed by atoms with Gasteiger partial charge < -0.3 is 5.73 Å². The Labute approximate surface area is 80.7 Å². The normalized spacial score (nSPS) is 12.5. The third-order valence-electron chi connectivity index (χ3n) is 1.79. The molecular weight excluding hydrogens is 187 g/mol. The fourth-order valence-corrected chi connectivity index (χ4v) is 1.16. The second kappa shape index (κ2) is 4.15. The van der Waals surface area contributed by atoms with E-state index in [1.807, 2.05) is 0 Å². The van der Waals surface area contributed by atoms with Crippen LogP contribution in [0.1, 0.15) is 12.5 Å². The van der Waals surface area contributed by atoms with E-state index in [2.05, 4.69) is 0 Å². The molecule has 5 heteroatoms. The predicted molar refractivity (Wildman–Crippen MR) is 50.4 cm³/mol. The summed E-state index contributed by atoms with van der Waals surface area (Å²) in [5.41, 5.74) is 5.66. The second-order valence-electron chi connectivity index (χ2n) is 3.21. The van der Waals surface area contributed by atoms with Gasteiger partial charge in [0.2, 0.25) is 0 Å². The highest BCUT2D eigenvalue weighted by Gasteiger charge is 2.11. The van der Waals surface area contributed by atoms with Crippen molar-refractivity contribution in [1.29, 1.82) is 0 Å². The van der Waals surface area contributed by atoms with E-state index in [4.69, 9.17) is 5.73 Å². The van der Waals surface area contributed by atoms with Crippen molar-refractivity contribution < 1.29 is 9.31 Å². The van der Waals surface area contributed by atoms with Crippen molar-refractivity contribution in [2.75, 3.05) is 0 Å². The molecule has 0 amide bonds. The molecule has 0 fully saturated rings. The van der Waals surface area contributed by atoms with Crippen LogP contribution in [-0.4, -0.2) is 11.0 Å². The lowest BCUT2D eigenvalue weighted by atomic mass is 10.1. The minimum Gasteiger partial charge on any atom is -0.328 e. The molecule has 1 aromatic carbocycles. The predicted octanol–water partition coefficient (Wildman–Crippen LogP) is 1.62. The van der Waals surface area contributed by atoms with Crippen LogP contribution < -0.4 is 5.73 Å². The summed E-state index contributed by atoms with van der Waals surface area (Å²) in [6.45, 7) is 1.75. The fourth-order valence-electron chi connectivity index (χ4n) is 1.16. The molecule has 0 unspecified atom stereocenters. The number of hydrogen-bond donors (Lipinski definition) is 1. The van der Waals surface area contributed by atoms with Gasteiger partial charge in [0.05, 0.1) is 11.0 Å². The number of nitro groups is 1. The van der Waals surface area contributed by atoms with Gasteiger partial charge in [-0.15, -0.1) is 0 Å². The number of hydrogen-bond acceptors (Lipinski definition) is 3. The third-order valence-corrected chi connectivity index (χ3v) is 1.79. The molecule has 76 valence electrons. The van der Waals surface area contributed by atoms with Gasteiger partial charge in [0, 0.05) is 12.1 Å². The quantitative estimate of drug-likeness (QED) is 0.592. The summed E-state index contributed by atoms with van der Waals surface area (Å²) < 4.78 is 13.2. The van der Waals surface area contributed by atoms with Crippen molar-refractivity contribution in [1.82, 2.24) is 0 Å². The van der Waals surface area contributed by atoms with Gasteiger partial charge in [0.15, 0.2) is 0 Å². The first kappa shape index (κ1) is 10.6. The van der Waals surface area contributed by atoms with Gasteiger partial charge in [0.1, 0.15) is 5.82 Å². The molecule has 0 saturated carbocycles. The van der Waals surface area contributed by atoms with Crippen LogP contribution in [0.4, 0.5) is 10.1 Å².